The SMILES string of the molecule is CC[C@H](C)[C@H](NC(=O)[C@@H](NC(=O)[C@@H]1CCC(=O)N1)C(C)C)C(=O)O. The number of hydrogen-bond donors (Lipinski definition) is 4. The van der Waals surface area contributed by atoms with Gasteiger partial charge in [0.15, 0.2) is 0 Å². The summed E-state index contributed by atoms with van der Waals surface area (Å²) < 4.78 is 0. The van der Waals surface area contributed by atoms with Crippen LogP contribution in [0.4, 0.5) is 0 Å². The van der Waals surface area contributed by atoms with Crippen LogP contribution in [0.2, 0.25) is 0 Å². The molecule has 8 heteroatoms. The average Bonchev–Trinajstić information content (AvgIpc) is 2.94. The zero-order valence-electron chi connectivity index (χ0n) is 14.6. The standard InChI is InChI=1S/C16H27N3O5/c1-5-9(4)13(16(23)24)19-15(22)12(8(2)3)18-14(21)10-6-7-11(20)17-10/h8-10,12-13H,5-7H2,1-4H3,(H,17,20)(H,18,21)(H,19,22)(H,23,24)/t9-,10-,12-,13-/m0/s1. The molecule has 0 saturated carbocycles. The van der Waals surface area contributed by atoms with E-state index in [1.165, 1.54) is 0 Å². The number of nitrogens with one attached hydrogen (secondary N) is 3. The van der Waals surface area contributed by atoms with Crippen molar-refractivity contribution in [2.45, 2.75) is 65.1 Å². The number of carbonyl (C=O) groups excluding carboxylic acids is 3. The molecular weight excluding hydrogens is 314 g/mol. The molecule has 4 N–H and O–H groups in total. The van der Waals surface area contributed by atoms with Crippen molar-refractivity contribution >= 4 is 23.7 Å². The van der Waals surface area contributed by atoms with Gasteiger partial charge in [-0.2, -0.15) is 0 Å². The minimum absolute atomic E-state index is 0.191. The van der Waals surface area contributed by atoms with Crippen molar-refractivity contribution in [3.63, 3.8) is 0 Å². The Bertz CT molecular complexity index is 506. The topological polar surface area (TPSA) is 125 Å². The molecule has 0 aromatic rings. The minimum atomic E-state index is -1.10. The zero-order valence-corrected chi connectivity index (χ0v) is 14.6. The number of hydrogen-bond acceptors (Lipinski definition) is 4. The Kier molecular flexibility index (Phi) is 7.18. The van der Waals surface area contributed by atoms with Gasteiger partial charge in [-0.1, -0.05) is 34.1 Å². The van der Waals surface area contributed by atoms with Crippen molar-refractivity contribution in [2.75, 3.05) is 0 Å². The van der Waals surface area contributed by atoms with E-state index in [-0.39, 0.29) is 24.2 Å². The fourth-order valence-electron chi connectivity index (χ4n) is 2.53. The molecule has 4 atom stereocenters. The van der Waals surface area contributed by atoms with E-state index in [2.05, 4.69) is 16.0 Å². The molecule has 0 unspecified atom stereocenters. The Hall–Kier alpha value is -2.12. The largest absolute Gasteiger partial charge is 0.480 e. The van der Waals surface area contributed by atoms with E-state index in [4.69, 9.17) is 0 Å². The Morgan fingerprint density at radius 2 is 1.83 bits per heavy atom. The second-order valence-electron chi connectivity index (χ2n) is 6.60. The molecule has 0 radical (unpaired) electrons. The van der Waals surface area contributed by atoms with E-state index in [0.29, 0.717) is 12.8 Å². The molecule has 1 aliphatic heterocycles. The first-order valence-electron chi connectivity index (χ1n) is 8.30. The Morgan fingerprint density at radius 3 is 2.25 bits per heavy atom. The molecule has 0 bridgehead atoms. The van der Waals surface area contributed by atoms with Crippen LogP contribution >= 0.6 is 0 Å². The summed E-state index contributed by atoms with van der Waals surface area (Å²) >= 11 is 0. The molecule has 8 nitrogen and oxygen atoms in total. The predicted octanol–water partition coefficient (Wildman–Crippen LogP) is 0.0213. The molecule has 24 heavy (non-hydrogen) atoms. The predicted molar refractivity (Wildman–Crippen MR) is 87.0 cm³/mol. The second-order valence-corrected chi connectivity index (χ2v) is 6.60. The smallest absolute Gasteiger partial charge is 0.326 e. The molecule has 136 valence electrons. The fourth-order valence-corrected chi connectivity index (χ4v) is 2.53. The number of rotatable bonds is 8. The van der Waals surface area contributed by atoms with E-state index in [9.17, 15) is 24.3 Å². The van der Waals surface area contributed by atoms with E-state index in [0.717, 1.165) is 0 Å². The lowest BCUT2D eigenvalue weighted by Gasteiger charge is -2.27. The average molecular weight is 341 g/mol. The normalized spacial score (nSPS) is 20.9. The monoisotopic (exact) mass is 341 g/mol. The summed E-state index contributed by atoms with van der Waals surface area (Å²) in [4.78, 5) is 47.2. The van der Waals surface area contributed by atoms with Crippen molar-refractivity contribution in [1.82, 2.24) is 16.0 Å². The summed E-state index contributed by atoms with van der Waals surface area (Å²) in [6.07, 6.45) is 1.28. The van der Waals surface area contributed by atoms with Gasteiger partial charge in [0.1, 0.15) is 18.1 Å². The molecule has 0 aliphatic carbocycles. The molecule has 0 aromatic carbocycles. The maximum Gasteiger partial charge on any atom is 0.326 e. The second kappa shape index (κ2) is 8.65. The van der Waals surface area contributed by atoms with Crippen LogP contribution < -0.4 is 16.0 Å². The van der Waals surface area contributed by atoms with Gasteiger partial charge in [0.05, 0.1) is 0 Å². The highest BCUT2D eigenvalue weighted by Gasteiger charge is 2.34. The highest BCUT2D eigenvalue weighted by atomic mass is 16.4. The Morgan fingerprint density at radius 1 is 1.21 bits per heavy atom. The van der Waals surface area contributed by atoms with Crippen LogP contribution in [-0.2, 0) is 19.2 Å². The third kappa shape index (κ3) is 5.21. The van der Waals surface area contributed by atoms with Crippen molar-refractivity contribution in [1.29, 1.82) is 0 Å². The number of aliphatic carboxylic acids is 1. The quantitative estimate of drug-likeness (QED) is 0.495. The summed E-state index contributed by atoms with van der Waals surface area (Å²) in [5, 5.41) is 17.0. The van der Waals surface area contributed by atoms with Gasteiger partial charge >= 0.3 is 5.97 Å². The van der Waals surface area contributed by atoms with E-state index in [1.54, 1.807) is 20.8 Å². The minimum Gasteiger partial charge on any atom is -0.480 e. The fraction of sp³-hybridized carbons (Fsp3) is 0.750. The molecule has 0 spiro atoms. The summed E-state index contributed by atoms with van der Waals surface area (Å²) in [5.41, 5.74) is 0. The van der Waals surface area contributed by atoms with Gasteiger partial charge in [-0.15, -0.1) is 0 Å². The summed E-state index contributed by atoms with van der Waals surface area (Å²) in [6.45, 7) is 7.11. The van der Waals surface area contributed by atoms with Crippen LogP contribution in [0.5, 0.6) is 0 Å². The van der Waals surface area contributed by atoms with Gasteiger partial charge in [-0.05, 0) is 18.3 Å². The van der Waals surface area contributed by atoms with Crippen LogP contribution in [0.1, 0.15) is 47.0 Å². The molecular formula is C16H27N3O5. The van der Waals surface area contributed by atoms with Crippen molar-refractivity contribution in [3.8, 4) is 0 Å². The maximum absolute atomic E-state index is 12.5. The lowest BCUT2D eigenvalue weighted by Crippen LogP contribution is -2.57. The molecule has 0 aromatic heterocycles. The molecule has 1 fully saturated rings. The summed E-state index contributed by atoms with van der Waals surface area (Å²) in [5.74, 6) is -2.71. The van der Waals surface area contributed by atoms with E-state index < -0.39 is 35.9 Å². The molecule has 1 heterocycles. The lowest BCUT2D eigenvalue weighted by molar-refractivity contribution is -0.144. The Balaban J connectivity index is 2.75. The van der Waals surface area contributed by atoms with Crippen LogP contribution in [-0.4, -0.2) is 46.9 Å². The van der Waals surface area contributed by atoms with E-state index in [1.807, 2.05) is 6.92 Å². The van der Waals surface area contributed by atoms with Crippen LogP contribution in [0.3, 0.4) is 0 Å². The number of carboxylic acids is 1. The Labute approximate surface area is 141 Å². The van der Waals surface area contributed by atoms with Crippen LogP contribution in [0.15, 0.2) is 0 Å². The van der Waals surface area contributed by atoms with Gasteiger partial charge in [0.2, 0.25) is 17.7 Å². The third-order valence-electron chi connectivity index (χ3n) is 4.34. The van der Waals surface area contributed by atoms with Gasteiger partial charge in [0, 0.05) is 6.42 Å². The zero-order chi connectivity index (χ0) is 18.4. The van der Waals surface area contributed by atoms with Gasteiger partial charge < -0.3 is 21.1 Å². The van der Waals surface area contributed by atoms with Gasteiger partial charge in [-0.25, -0.2) is 4.79 Å². The third-order valence-corrected chi connectivity index (χ3v) is 4.34. The molecule has 3 amide bonds. The van der Waals surface area contributed by atoms with Crippen LogP contribution in [0, 0.1) is 11.8 Å². The van der Waals surface area contributed by atoms with Gasteiger partial charge in [-0.3, -0.25) is 14.4 Å². The number of carbonyl (C=O) groups is 4. The summed E-state index contributed by atoms with van der Waals surface area (Å²) in [7, 11) is 0. The first-order chi connectivity index (χ1) is 11.2. The highest BCUT2D eigenvalue weighted by Crippen LogP contribution is 2.11. The van der Waals surface area contributed by atoms with Gasteiger partial charge in [0.25, 0.3) is 0 Å². The number of carboxylic acid groups (broad SMARTS) is 1. The van der Waals surface area contributed by atoms with Crippen molar-refractivity contribution in [2.24, 2.45) is 11.8 Å². The number of amides is 3. The molecule has 1 aliphatic rings. The maximum atomic E-state index is 12.5. The van der Waals surface area contributed by atoms with E-state index >= 15 is 0 Å². The van der Waals surface area contributed by atoms with Crippen molar-refractivity contribution < 1.29 is 24.3 Å². The summed E-state index contributed by atoms with van der Waals surface area (Å²) in [6, 6.07) is -2.51. The lowest BCUT2D eigenvalue weighted by atomic mass is 9.97. The van der Waals surface area contributed by atoms with Crippen molar-refractivity contribution in [3.05, 3.63) is 0 Å². The first-order valence-corrected chi connectivity index (χ1v) is 8.30. The first kappa shape index (κ1) is 19.9. The molecule has 1 saturated heterocycles. The van der Waals surface area contributed by atoms with Crippen LogP contribution in [0.25, 0.3) is 0 Å². The molecule has 1 rings (SSSR count). The highest BCUT2D eigenvalue weighted by molar-refractivity contribution is 5.95.